The van der Waals surface area contributed by atoms with Crippen molar-refractivity contribution in [1.29, 1.82) is 0 Å². The summed E-state index contributed by atoms with van der Waals surface area (Å²) in [6.45, 7) is 1.98. The van der Waals surface area contributed by atoms with Crippen molar-refractivity contribution in [2.24, 2.45) is 4.99 Å². The Kier molecular flexibility index (Phi) is 2.49. The van der Waals surface area contributed by atoms with Crippen molar-refractivity contribution < 1.29 is 4.79 Å². The van der Waals surface area contributed by atoms with Gasteiger partial charge in [0, 0.05) is 17.3 Å². The molecule has 0 amide bonds. The van der Waals surface area contributed by atoms with Crippen LogP contribution in [0.3, 0.4) is 0 Å². The number of aliphatic imine (C=N–C) groups is 1. The number of aromatic nitrogens is 1. The van der Waals surface area contributed by atoms with E-state index in [0.717, 1.165) is 35.9 Å². The Morgan fingerprint density at radius 1 is 1.28 bits per heavy atom. The lowest BCUT2D eigenvalue weighted by Gasteiger charge is -2.37. The van der Waals surface area contributed by atoms with Gasteiger partial charge in [0.15, 0.2) is 0 Å². The summed E-state index contributed by atoms with van der Waals surface area (Å²) in [7, 11) is 0. The van der Waals surface area contributed by atoms with Gasteiger partial charge in [-0.05, 0) is 49.3 Å². The van der Waals surface area contributed by atoms with Crippen molar-refractivity contribution in [3.05, 3.63) is 41.7 Å². The molecule has 0 aliphatic heterocycles. The second kappa shape index (κ2) is 4.04. The summed E-state index contributed by atoms with van der Waals surface area (Å²) in [5, 5.41) is 2.28. The SMILES string of the molecule is Cc1cc2ccc(C3(N=C=O)CCC3)cc2cn1. The highest BCUT2D eigenvalue weighted by Gasteiger charge is 2.38. The smallest absolute Gasteiger partial charge is 0.235 e. The van der Waals surface area contributed by atoms with Crippen LogP contribution in [-0.2, 0) is 10.3 Å². The summed E-state index contributed by atoms with van der Waals surface area (Å²) in [5.41, 5.74) is 1.80. The Labute approximate surface area is 106 Å². The molecule has 1 aliphatic rings. The van der Waals surface area contributed by atoms with Gasteiger partial charge in [0.1, 0.15) is 0 Å². The van der Waals surface area contributed by atoms with Crippen LogP contribution in [-0.4, -0.2) is 11.1 Å². The maximum atomic E-state index is 10.6. The van der Waals surface area contributed by atoms with Crippen molar-refractivity contribution in [3.8, 4) is 0 Å². The largest absolute Gasteiger partial charge is 0.261 e. The molecule has 1 aromatic heterocycles. The zero-order chi connectivity index (χ0) is 12.6. The first-order chi connectivity index (χ1) is 8.73. The van der Waals surface area contributed by atoms with Gasteiger partial charge in [0.2, 0.25) is 6.08 Å². The minimum atomic E-state index is -0.319. The number of benzene rings is 1. The van der Waals surface area contributed by atoms with Crippen molar-refractivity contribution in [3.63, 3.8) is 0 Å². The highest BCUT2D eigenvalue weighted by atomic mass is 16.1. The maximum absolute atomic E-state index is 10.6. The highest BCUT2D eigenvalue weighted by Crippen LogP contribution is 2.45. The highest BCUT2D eigenvalue weighted by molar-refractivity contribution is 5.83. The van der Waals surface area contributed by atoms with Crippen LogP contribution in [0.1, 0.15) is 30.5 Å². The number of pyridine rings is 1. The van der Waals surface area contributed by atoms with Gasteiger partial charge in [-0.1, -0.05) is 12.1 Å². The normalized spacial score (nSPS) is 16.9. The van der Waals surface area contributed by atoms with E-state index in [9.17, 15) is 4.79 Å². The Morgan fingerprint density at radius 2 is 2.11 bits per heavy atom. The number of carbonyl (C=O) groups excluding carboxylic acids is 1. The summed E-state index contributed by atoms with van der Waals surface area (Å²) < 4.78 is 0. The van der Waals surface area contributed by atoms with E-state index in [1.54, 1.807) is 6.08 Å². The minimum Gasteiger partial charge on any atom is -0.261 e. The molecule has 0 N–H and O–H groups in total. The Hall–Kier alpha value is -1.99. The average Bonchev–Trinajstić information content (AvgIpc) is 2.33. The molecule has 0 atom stereocenters. The molecule has 1 fully saturated rings. The lowest BCUT2D eigenvalue weighted by atomic mass is 9.72. The molecule has 1 aliphatic carbocycles. The second-order valence-electron chi connectivity index (χ2n) is 4.98. The summed E-state index contributed by atoms with van der Waals surface area (Å²) in [5.74, 6) is 0. The van der Waals surface area contributed by atoms with Gasteiger partial charge in [-0.3, -0.25) is 4.98 Å². The van der Waals surface area contributed by atoms with E-state index in [0.29, 0.717) is 0 Å². The molecular weight excluding hydrogens is 224 g/mol. The molecule has 3 heteroatoms. The molecule has 1 saturated carbocycles. The molecule has 1 aromatic carbocycles. The van der Waals surface area contributed by atoms with E-state index in [1.165, 1.54) is 5.39 Å². The summed E-state index contributed by atoms with van der Waals surface area (Å²) in [6, 6.07) is 8.32. The van der Waals surface area contributed by atoms with E-state index >= 15 is 0 Å². The van der Waals surface area contributed by atoms with Gasteiger partial charge in [-0.2, -0.15) is 4.99 Å². The van der Waals surface area contributed by atoms with Crippen LogP contribution in [0.4, 0.5) is 0 Å². The fourth-order valence-electron chi connectivity index (χ4n) is 2.61. The third-order valence-corrected chi connectivity index (χ3v) is 3.84. The third-order valence-electron chi connectivity index (χ3n) is 3.84. The van der Waals surface area contributed by atoms with Gasteiger partial charge in [0.05, 0.1) is 5.54 Å². The quantitative estimate of drug-likeness (QED) is 0.595. The summed E-state index contributed by atoms with van der Waals surface area (Å²) in [6.07, 6.45) is 6.60. The van der Waals surface area contributed by atoms with Gasteiger partial charge in [0.25, 0.3) is 0 Å². The molecule has 3 nitrogen and oxygen atoms in total. The predicted molar refractivity (Wildman–Crippen MR) is 70.1 cm³/mol. The molecule has 3 rings (SSSR count). The molecule has 0 spiro atoms. The zero-order valence-electron chi connectivity index (χ0n) is 10.3. The molecule has 18 heavy (non-hydrogen) atoms. The van der Waals surface area contributed by atoms with Crippen LogP contribution in [0, 0.1) is 6.92 Å². The molecule has 90 valence electrons. The predicted octanol–water partition coefficient (Wildman–Crippen LogP) is 3.26. The summed E-state index contributed by atoms with van der Waals surface area (Å²) in [4.78, 5) is 18.9. The number of fused-ring (bicyclic) bond motifs is 1. The first-order valence-electron chi connectivity index (χ1n) is 6.19. The molecule has 0 unspecified atom stereocenters. The fourth-order valence-corrected chi connectivity index (χ4v) is 2.61. The number of hydrogen-bond donors (Lipinski definition) is 0. The Balaban J connectivity index is 2.13. The number of hydrogen-bond acceptors (Lipinski definition) is 3. The van der Waals surface area contributed by atoms with Gasteiger partial charge >= 0.3 is 0 Å². The molecular formula is C15H14N2O. The molecule has 0 radical (unpaired) electrons. The van der Waals surface area contributed by atoms with Crippen LogP contribution < -0.4 is 0 Å². The number of nitrogens with zero attached hydrogens (tertiary/aromatic N) is 2. The van der Waals surface area contributed by atoms with Crippen molar-refractivity contribution in [1.82, 2.24) is 4.98 Å². The topological polar surface area (TPSA) is 42.3 Å². The second-order valence-corrected chi connectivity index (χ2v) is 4.98. The number of isocyanates is 1. The van der Waals surface area contributed by atoms with E-state index in [4.69, 9.17) is 0 Å². The van der Waals surface area contributed by atoms with Gasteiger partial charge in [-0.25, -0.2) is 4.79 Å². The molecule has 1 heterocycles. The average molecular weight is 238 g/mol. The summed E-state index contributed by atoms with van der Waals surface area (Å²) >= 11 is 0. The first kappa shape index (κ1) is 11.1. The van der Waals surface area contributed by atoms with E-state index in [2.05, 4.69) is 34.2 Å². The van der Waals surface area contributed by atoms with Crippen LogP contribution in [0.5, 0.6) is 0 Å². The van der Waals surface area contributed by atoms with Gasteiger partial charge in [-0.15, -0.1) is 0 Å². The van der Waals surface area contributed by atoms with Crippen molar-refractivity contribution in [2.75, 3.05) is 0 Å². The lowest BCUT2D eigenvalue weighted by Crippen LogP contribution is -2.31. The number of aryl methyl sites for hydroxylation is 1. The van der Waals surface area contributed by atoms with E-state index in [-0.39, 0.29) is 5.54 Å². The monoisotopic (exact) mass is 238 g/mol. The van der Waals surface area contributed by atoms with Crippen molar-refractivity contribution in [2.45, 2.75) is 31.7 Å². The molecule has 0 saturated heterocycles. The molecule has 2 aromatic rings. The fraction of sp³-hybridized carbons (Fsp3) is 0.333. The van der Waals surface area contributed by atoms with Crippen LogP contribution >= 0.6 is 0 Å². The van der Waals surface area contributed by atoms with E-state index < -0.39 is 0 Å². The molecule has 0 bridgehead atoms. The Bertz CT molecular complexity index is 653. The maximum Gasteiger partial charge on any atom is 0.235 e. The zero-order valence-corrected chi connectivity index (χ0v) is 10.3. The van der Waals surface area contributed by atoms with Crippen molar-refractivity contribution >= 4 is 16.9 Å². The van der Waals surface area contributed by atoms with Crippen LogP contribution in [0.25, 0.3) is 10.8 Å². The standard InChI is InChI=1S/C15H14N2O/c1-11-7-12-3-4-14(8-13(12)9-16-11)15(17-10-18)5-2-6-15/h3-4,7-9H,2,5-6H2,1H3. The van der Waals surface area contributed by atoms with Crippen LogP contribution in [0.2, 0.25) is 0 Å². The lowest BCUT2D eigenvalue weighted by molar-refractivity contribution is 0.256. The van der Waals surface area contributed by atoms with Crippen LogP contribution in [0.15, 0.2) is 35.5 Å². The third kappa shape index (κ3) is 1.64. The van der Waals surface area contributed by atoms with Gasteiger partial charge < -0.3 is 0 Å². The number of rotatable bonds is 2. The minimum absolute atomic E-state index is 0.319. The van der Waals surface area contributed by atoms with E-state index in [1.807, 2.05) is 13.1 Å². The first-order valence-corrected chi connectivity index (χ1v) is 6.19. The Morgan fingerprint density at radius 3 is 2.78 bits per heavy atom.